The van der Waals surface area contributed by atoms with Gasteiger partial charge in [0.1, 0.15) is 0 Å². The summed E-state index contributed by atoms with van der Waals surface area (Å²) in [6.45, 7) is 5.07. The molecule has 2 heterocycles. The summed E-state index contributed by atoms with van der Waals surface area (Å²) < 4.78 is 5.32. The molecule has 2 aliphatic heterocycles. The zero-order valence-electron chi connectivity index (χ0n) is 8.46. The Morgan fingerprint density at radius 2 is 2.00 bits per heavy atom. The van der Waals surface area contributed by atoms with Gasteiger partial charge in [-0.05, 0) is 38.9 Å². The zero-order chi connectivity index (χ0) is 9.31. The summed E-state index contributed by atoms with van der Waals surface area (Å²) in [6, 6.07) is 0. The number of likely N-dealkylation sites (tertiary alicyclic amines) is 1. The fourth-order valence-corrected chi connectivity index (χ4v) is 2.51. The molecule has 2 fully saturated rings. The van der Waals surface area contributed by atoms with E-state index in [0.717, 1.165) is 25.7 Å². The summed E-state index contributed by atoms with van der Waals surface area (Å²) in [4.78, 5) is 2.40. The Morgan fingerprint density at radius 3 is 2.38 bits per heavy atom. The third kappa shape index (κ3) is 1.60. The molecule has 0 aromatic carbocycles. The van der Waals surface area contributed by atoms with Crippen LogP contribution >= 0.6 is 0 Å². The average Bonchev–Trinajstić information content (AvgIpc) is 2.07. The van der Waals surface area contributed by atoms with Gasteiger partial charge in [0, 0.05) is 12.0 Å². The standard InChI is InChI=1S/C10H20N2O/c1-12-4-2-9(3-5-12)10(6-11)7-13-8-10/h9H,2-8,11H2,1H3. The minimum atomic E-state index is 0.348. The number of rotatable bonds is 2. The number of nitrogens with zero attached hydrogens (tertiary/aromatic N) is 1. The molecule has 0 amide bonds. The van der Waals surface area contributed by atoms with Crippen LogP contribution in [0.2, 0.25) is 0 Å². The molecule has 0 aromatic rings. The van der Waals surface area contributed by atoms with Crippen LogP contribution in [0, 0.1) is 11.3 Å². The lowest BCUT2D eigenvalue weighted by Gasteiger charge is -2.49. The van der Waals surface area contributed by atoms with Gasteiger partial charge in [0.15, 0.2) is 0 Å². The highest BCUT2D eigenvalue weighted by Crippen LogP contribution is 2.40. The first-order valence-electron chi connectivity index (χ1n) is 5.23. The van der Waals surface area contributed by atoms with Gasteiger partial charge in [-0.3, -0.25) is 0 Å². The predicted molar refractivity (Wildman–Crippen MR) is 52.5 cm³/mol. The number of piperidine rings is 1. The third-order valence-corrected chi connectivity index (χ3v) is 3.77. The number of ether oxygens (including phenoxy) is 1. The summed E-state index contributed by atoms with van der Waals surface area (Å²) in [7, 11) is 2.20. The highest BCUT2D eigenvalue weighted by atomic mass is 16.5. The first kappa shape index (κ1) is 9.44. The van der Waals surface area contributed by atoms with Gasteiger partial charge in [-0.15, -0.1) is 0 Å². The Kier molecular flexibility index (Phi) is 2.58. The highest BCUT2D eigenvalue weighted by molar-refractivity contribution is 4.94. The maximum absolute atomic E-state index is 5.84. The van der Waals surface area contributed by atoms with Crippen molar-refractivity contribution >= 4 is 0 Å². The van der Waals surface area contributed by atoms with E-state index < -0.39 is 0 Å². The Hall–Kier alpha value is -0.120. The monoisotopic (exact) mass is 184 g/mol. The summed E-state index contributed by atoms with van der Waals surface area (Å²) in [6.07, 6.45) is 2.61. The number of nitrogens with two attached hydrogens (primary N) is 1. The molecule has 2 aliphatic rings. The first-order chi connectivity index (χ1) is 6.27. The maximum Gasteiger partial charge on any atom is 0.0559 e. The van der Waals surface area contributed by atoms with E-state index >= 15 is 0 Å². The summed E-state index contributed by atoms with van der Waals surface area (Å²) >= 11 is 0. The molecule has 0 unspecified atom stereocenters. The zero-order valence-corrected chi connectivity index (χ0v) is 8.46. The first-order valence-corrected chi connectivity index (χ1v) is 5.23. The Bertz CT molecular complexity index is 166. The van der Waals surface area contributed by atoms with Crippen LogP contribution in [0.25, 0.3) is 0 Å². The molecule has 76 valence electrons. The van der Waals surface area contributed by atoms with Crippen molar-refractivity contribution in [2.45, 2.75) is 12.8 Å². The van der Waals surface area contributed by atoms with Crippen molar-refractivity contribution in [3.63, 3.8) is 0 Å². The summed E-state index contributed by atoms with van der Waals surface area (Å²) in [5.74, 6) is 0.808. The van der Waals surface area contributed by atoms with Crippen molar-refractivity contribution in [2.24, 2.45) is 17.1 Å². The maximum atomic E-state index is 5.84. The van der Waals surface area contributed by atoms with E-state index in [0.29, 0.717) is 5.41 Å². The van der Waals surface area contributed by atoms with E-state index in [4.69, 9.17) is 10.5 Å². The van der Waals surface area contributed by atoms with E-state index in [9.17, 15) is 0 Å². The van der Waals surface area contributed by atoms with Crippen LogP contribution in [0.5, 0.6) is 0 Å². The lowest BCUT2D eigenvalue weighted by molar-refractivity contribution is -0.148. The van der Waals surface area contributed by atoms with Crippen LogP contribution in [0.3, 0.4) is 0 Å². The van der Waals surface area contributed by atoms with Gasteiger partial charge in [-0.1, -0.05) is 0 Å². The van der Waals surface area contributed by atoms with Crippen molar-refractivity contribution in [2.75, 3.05) is 39.9 Å². The van der Waals surface area contributed by atoms with Gasteiger partial charge >= 0.3 is 0 Å². The molecular formula is C10H20N2O. The molecular weight excluding hydrogens is 164 g/mol. The highest BCUT2D eigenvalue weighted by Gasteiger charge is 2.44. The van der Waals surface area contributed by atoms with Crippen LogP contribution in [-0.2, 0) is 4.74 Å². The van der Waals surface area contributed by atoms with E-state index in [1.54, 1.807) is 0 Å². The molecule has 13 heavy (non-hydrogen) atoms. The van der Waals surface area contributed by atoms with Crippen molar-refractivity contribution < 1.29 is 4.74 Å². The Balaban J connectivity index is 1.92. The van der Waals surface area contributed by atoms with Gasteiger partial charge in [-0.2, -0.15) is 0 Å². The second kappa shape index (κ2) is 3.56. The molecule has 0 bridgehead atoms. The Morgan fingerprint density at radius 1 is 1.38 bits per heavy atom. The summed E-state index contributed by atoms with van der Waals surface area (Å²) in [5, 5.41) is 0. The molecule has 3 nitrogen and oxygen atoms in total. The van der Waals surface area contributed by atoms with Crippen molar-refractivity contribution in [1.29, 1.82) is 0 Å². The fourth-order valence-electron chi connectivity index (χ4n) is 2.51. The van der Waals surface area contributed by atoms with E-state index in [1.807, 2.05) is 0 Å². The molecule has 2 saturated heterocycles. The SMILES string of the molecule is CN1CCC(C2(CN)COC2)CC1. The predicted octanol–water partition coefficient (Wildman–Crippen LogP) is 0.303. The van der Waals surface area contributed by atoms with Crippen LogP contribution in [-0.4, -0.2) is 44.8 Å². The van der Waals surface area contributed by atoms with Gasteiger partial charge in [-0.25, -0.2) is 0 Å². The molecule has 2 N–H and O–H groups in total. The van der Waals surface area contributed by atoms with E-state index in [1.165, 1.54) is 25.9 Å². The topological polar surface area (TPSA) is 38.5 Å². The quantitative estimate of drug-likeness (QED) is 0.671. The van der Waals surface area contributed by atoms with Gasteiger partial charge in [0.25, 0.3) is 0 Å². The van der Waals surface area contributed by atoms with Gasteiger partial charge in [0.2, 0.25) is 0 Å². The number of hydrogen-bond donors (Lipinski definition) is 1. The van der Waals surface area contributed by atoms with Crippen LogP contribution in [0.1, 0.15) is 12.8 Å². The van der Waals surface area contributed by atoms with Crippen molar-refractivity contribution in [3.8, 4) is 0 Å². The molecule has 0 aliphatic carbocycles. The van der Waals surface area contributed by atoms with Crippen molar-refractivity contribution in [1.82, 2.24) is 4.90 Å². The normalized spacial score (nSPS) is 30.0. The lowest BCUT2D eigenvalue weighted by Crippen LogP contribution is -2.55. The minimum absolute atomic E-state index is 0.348. The lowest BCUT2D eigenvalue weighted by atomic mass is 9.69. The van der Waals surface area contributed by atoms with E-state index in [-0.39, 0.29) is 0 Å². The van der Waals surface area contributed by atoms with Crippen molar-refractivity contribution in [3.05, 3.63) is 0 Å². The molecule has 0 radical (unpaired) electrons. The average molecular weight is 184 g/mol. The number of hydrogen-bond acceptors (Lipinski definition) is 3. The molecule has 3 heteroatoms. The van der Waals surface area contributed by atoms with Crippen LogP contribution in [0.15, 0.2) is 0 Å². The third-order valence-electron chi connectivity index (χ3n) is 3.77. The van der Waals surface area contributed by atoms with Gasteiger partial charge < -0.3 is 15.4 Å². The second-order valence-electron chi connectivity index (χ2n) is 4.64. The minimum Gasteiger partial charge on any atom is -0.380 e. The van der Waals surface area contributed by atoms with Gasteiger partial charge in [0.05, 0.1) is 13.2 Å². The molecule has 0 spiro atoms. The van der Waals surface area contributed by atoms with E-state index in [2.05, 4.69) is 11.9 Å². The fraction of sp³-hybridized carbons (Fsp3) is 1.00. The molecule has 0 saturated carbocycles. The molecule has 0 atom stereocenters. The molecule has 0 aromatic heterocycles. The second-order valence-corrected chi connectivity index (χ2v) is 4.64. The van der Waals surface area contributed by atoms with Crippen LogP contribution < -0.4 is 5.73 Å². The summed E-state index contributed by atoms with van der Waals surface area (Å²) in [5.41, 5.74) is 6.19. The Labute approximate surface area is 80.2 Å². The smallest absolute Gasteiger partial charge is 0.0559 e. The van der Waals surface area contributed by atoms with Crippen LogP contribution in [0.4, 0.5) is 0 Å². The largest absolute Gasteiger partial charge is 0.380 e. The molecule has 2 rings (SSSR count).